The highest BCUT2D eigenvalue weighted by atomic mass is 19.4. The average molecular weight is 374 g/mol. The van der Waals surface area contributed by atoms with E-state index in [1.54, 1.807) is 0 Å². The van der Waals surface area contributed by atoms with Crippen molar-refractivity contribution in [1.29, 1.82) is 0 Å². The molecule has 140 valence electrons. The highest BCUT2D eigenvalue weighted by Crippen LogP contribution is 2.41. The van der Waals surface area contributed by atoms with Crippen LogP contribution in [-0.2, 0) is 6.18 Å². The molecule has 1 aliphatic carbocycles. The Morgan fingerprint density at radius 2 is 1.89 bits per heavy atom. The molecule has 1 fully saturated rings. The third-order valence-corrected chi connectivity index (χ3v) is 4.74. The van der Waals surface area contributed by atoms with Gasteiger partial charge in [0.15, 0.2) is 5.65 Å². The van der Waals surface area contributed by atoms with Gasteiger partial charge in [0, 0.05) is 17.3 Å². The Labute approximate surface area is 153 Å². The minimum Gasteiger partial charge on any atom is -0.321 e. The number of nitrogens with one attached hydrogen (secondary N) is 1. The molecule has 0 atom stereocenters. The molecule has 1 saturated carbocycles. The second-order valence-electron chi connectivity index (χ2n) is 6.85. The zero-order valence-electron chi connectivity index (χ0n) is 14.8. The van der Waals surface area contributed by atoms with E-state index < -0.39 is 17.8 Å². The largest absolute Gasteiger partial charge is 0.433 e. The van der Waals surface area contributed by atoms with Crippen LogP contribution in [0.4, 0.5) is 18.9 Å². The summed E-state index contributed by atoms with van der Waals surface area (Å²) in [5, 5.41) is 6.57. The second kappa shape index (κ2) is 6.07. The molecular weight excluding hydrogens is 357 g/mol. The van der Waals surface area contributed by atoms with Crippen LogP contribution in [0.3, 0.4) is 0 Å². The fraction of sp³-hybridized carbons (Fsp3) is 0.316. The Morgan fingerprint density at radius 1 is 1.22 bits per heavy atom. The maximum absolute atomic E-state index is 13.5. The van der Waals surface area contributed by atoms with Crippen LogP contribution in [0.5, 0.6) is 0 Å². The number of anilines is 1. The molecule has 4 rings (SSSR count). The van der Waals surface area contributed by atoms with E-state index in [2.05, 4.69) is 15.4 Å². The van der Waals surface area contributed by atoms with Gasteiger partial charge in [0.1, 0.15) is 11.3 Å². The number of aryl methyl sites for hydroxylation is 2. The SMILES string of the molecule is Cc1cccc(C)c1NC(=O)c1cnn2c(C(F)(F)F)cc(C3CC3)nc12. The number of amides is 1. The first-order valence-electron chi connectivity index (χ1n) is 8.59. The van der Waals surface area contributed by atoms with Gasteiger partial charge in [0.25, 0.3) is 5.91 Å². The third-order valence-electron chi connectivity index (χ3n) is 4.74. The van der Waals surface area contributed by atoms with Crippen LogP contribution in [0.15, 0.2) is 30.5 Å². The predicted octanol–water partition coefficient (Wildman–Crippen LogP) is 4.49. The van der Waals surface area contributed by atoms with Gasteiger partial charge in [0.2, 0.25) is 0 Å². The summed E-state index contributed by atoms with van der Waals surface area (Å²) in [5.74, 6) is -0.517. The van der Waals surface area contributed by atoms with Gasteiger partial charge in [-0.2, -0.15) is 18.3 Å². The zero-order chi connectivity index (χ0) is 19.3. The smallest absolute Gasteiger partial charge is 0.321 e. The van der Waals surface area contributed by atoms with Crippen LogP contribution in [-0.4, -0.2) is 20.5 Å². The van der Waals surface area contributed by atoms with E-state index in [0.717, 1.165) is 36.2 Å². The number of carbonyl (C=O) groups is 1. The van der Waals surface area contributed by atoms with Gasteiger partial charge in [-0.1, -0.05) is 18.2 Å². The van der Waals surface area contributed by atoms with Gasteiger partial charge in [-0.3, -0.25) is 4.79 Å². The van der Waals surface area contributed by atoms with Crippen LogP contribution in [0.2, 0.25) is 0 Å². The topological polar surface area (TPSA) is 59.3 Å². The van der Waals surface area contributed by atoms with Gasteiger partial charge < -0.3 is 5.32 Å². The lowest BCUT2D eigenvalue weighted by molar-refractivity contribution is -0.142. The average Bonchev–Trinajstić information content (AvgIpc) is 3.36. The second-order valence-corrected chi connectivity index (χ2v) is 6.85. The molecule has 1 aliphatic rings. The molecule has 27 heavy (non-hydrogen) atoms. The summed E-state index contributed by atoms with van der Waals surface area (Å²) in [5.41, 5.74) is 1.75. The van der Waals surface area contributed by atoms with E-state index in [0.29, 0.717) is 15.9 Å². The Balaban J connectivity index is 1.80. The molecule has 3 aromatic rings. The number of benzene rings is 1. The van der Waals surface area contributed by atoms with E-state index in [9.17, 15) is 18.0 Å². The van der Waals surface area contributed by atoms with Gasteiger partial charge >= 0.3 is 6.18 Å². The number of aromatic nitrogens is 3. The van der Waals surface area contributed by atoms with E-state index in [-0.39, 0.29) is 17.1 Å². The van der Waals surface area contributed by atoms with Crippen LogP contribution in [0.1, 0.15) is 51.6 Å². The van der Waals surface area contributed by atoms with Crippen molar-refractivity contribution in [2.24, 2.45) is 0 Å². The molecule has 0 saturated heterocycles. The third kappa shape index (κ3) is 3.15. The Morgan fingerprint density at radius 3 is 2.48 bits per heavy atom. The molecule has 0 spiro atoms. The molecule has 0 unspecified atom stereocenters. The normalized spacial score (nSPS) is 14.6. The molecule has 1 amide bonds. The number of hydrogen-bond acceptors (Lipinski definition) is 3. The standard InChI is InChI=1S/C19H17F3N4O/c1-10-4-3-5-11(2)16(10)25-18(27)13-9-23-26-15(19(20,21)22)8-14(12-6-7-12)24-17(13)26/h3-5,8-9,12H,6-7H2,1-2H3,(H,25,27). The van der Waals surface area contributed by atoms with Crippen molar-refractivity contribution in [2.45, 2.75) is 38.8 Å². The van der Waals surface area contributed by atoms with Crippen molar-refractivity contribution in [2.75, 3.05) is 5.32 Å². The van der Waals surface area contributed by atoms with Crippen LogP contribution >= 0.6 is 0 Å². The van der Waals surface area contributed by atoms with Crippen LogP contribution in [0, 0.1) is 13.8 Å². The van der Waals surface area contributed by atoms with E-state index in [1.807, 2.05) is 32.0 Å². The molecular formula is C19H17F3N4O. The monoisotopic (exact) mass is 374 g/mol. The first-order chi connectivity index (χ1) is 12.8. The summed E-state index contributed by atoms with van der Waals surface area (Å²) in [4.78, 5) is 17.1. The number of hydrogen-bond donors (Lipinski definition) is 1. The van der Waals surface area contributed by atoms with Gasteiger partial charge in [0.05, 0.1) is 6.20 Å². The lowest BCUT2D eigenvalue weighted by atomic mass is 10.1. The number of nitrogens with zero attached hydrogens (tertiary/aromatic N) is 3. The lowest BCUT2D eigenvalue weighted by Gasteiger charge is -2.12. The van der Waals surface area contributed by atoms with Crippen molar-refractivity contribution in [3.63, 3.8) is 0 Å². The molecule has 0 aliphatic heterocycles. The van der Waals surface area contributed by atoms with Gasteiger partial charge in [-0.05, 0) is 43.9 Å². The minimum absolute atomic E-state index is 0.0144. The summed E-state index contributed by atoms with van der Waals surface area (Å²) in [7, 11) is 0. The van der Waals surface area contributed by atoms with Crippen LogP contribution < -0.4 is 5.32 Å². The summed E-state index contributed by atoms with van der Waals surface area (Å²) < 4.78 is 41.1. The van der Waals surface area contributed by atoms with Crippen molar-refractivity contribution in [3.05, 3.63) is 58.5 Å². The van der Waals surface area contributed by atoms with Crippen molar-refractivity contribution < 1.29 is 18.0 Å². The summed E-state index contributed by atoms with van der Waals surface area (Å²) in [6.45, 7) is 3.70. The van der Waals surface area contributed by atoms with Crippen molar-refractivity contribution in [3.8, 4) is 0 Å². The van der Waals surface area contributed by atoms with Crippen molar-refractivity contribution >= 4 is 17.2 Å². The maximum atomic E-state index is 13.5. The summed E-state index contributed by atoms with van der Waals surface area (Å²) >= 11 is 0. The van der Waals surface area contributed by atoms with Crippen molar-refractivity contribution in [1.82, 2.24) is 14.6 Å². The molecule has 5 nitrogen and oxygen atoms in total. The Bertz CT molecular complexity index is 1030. The molecule has 2 aromatic heterocycles. The molecule has 1 aromatic carbocycles. The minimum atomic E-state index is -4.59. The van der Waals surface area contributed by atoms with Gasteiger partial charge in [-0.15, -0.1) is 0 Å². The first kappa shape index (κ1) is 17.5. The summed E-state index contributed by atoms with van der Waals surface area (Å²) in [6, 6.07) is 6.60. The summed E-state index contributed by atoms with van der Waals surface area (Å²) in [6.07, 6.45) is -1.84. The number of alkyl halides is 3. The van der Waals surface area contributed by atoms with E-state index >= 15 is 0 Å². The highest BCUT2D eigenvalue weighted by molar-refractivity contribution is 6.08. The number of para-hydroxylation sites is 1. The highest BCUT2D eigenvalue weighted by Gasteiger charge is 2.38. The molecule has 8 heteroatoms. The molecule has 0 bridgehead atoms. The van der Waals surface area contributed by atoms with Crippen LogP contribution in [0.25, 0.3) is 5.65 Å². The predicted molar refractivity (Wildman–Crippen MR) is 93.8 cm³/mol. The Hall–Kier alpha value is -2.90. The fourth-order valence-corrected chi connectivity index (χ4v) is 3.12. The molecule has 1 N–H and O–H groups in total. The lowest BCUT2D eigenvalue weighted by Crippen LogP contribution is -2.17. The Kier molecular flexibility index (Phi) is 3.94. The number of carbonyl (C=O) groups excluding carboxylic acids is 1. The van der Waals surface area contributed by atoms with E-state index in [4.69, 9.17) is 0 Å². The maximum Gasteiger partial charge on any atom is 0.433 e. The number of fused-ring (bicyclic) bond motifs is 1. The van der Waals surface area contributed by atoms with Gasteiger partial charge in [-0.25, -0.2) is 9.50 Å². The first-order valence-corrected chi connectivity index (χ1v) is 8.59. The molecule has 0 radical (unpaired) electrons. The quantitative estimate of drug-likeness (QED) is 0.735. The fourth-order valence-electron chi connectivity index (χ4n) is 3.12. The number of rotatable bonds is 3. The van der Waals surface area contributed by atoms with E-state index in [1.165, 1.54) is 0 Å². The zero-order valence-corrected chi connectivity index (χ0v) is 14.8. The number of halogens is 3. The molecule has 2 heterocycles.